The molecule has 0 unspecified atom stereocenters. The van der Waals surface area contributed by atoms with Crippen LogP contribution in [0.5, 0.6) is 0 Å². The van der Waals surface area contributed by atoms with Crippen LogP contribution in [-0.2, 0) is 4.79 Å². The van der Waals surface area contributed by atoms with Crippen molar-refractivity contribution in [2.24, 2.45) is 0 Å². The second-order valence-corrected chi connectivity index (χ2v) is 5.95. The van der Waals surface area contributed by atoms with Gasteiger partial charge in [0, 0.05) is 0 Å². The van der Waals surface area contributed by atoms with Crippen LogP contribution in [-0.4, -0.2) is 21.7 Å². The average molecular weight is 320 g/mol. The van der Waals surface area contributed by atoms with Crippen LogP contribution >= 0.6 is 0 Å². The van der Waals surface area contributed by atoms with Crippen molar-refractivity contribution in [1.82, 2.24) is 9.80 Å². The molecule has 4 nitrogen and oxygen atoms in total. The lowest BCUT2D eigenvalue weighted by Crippen LogP contribution is -2.36. The lowest BCUT2D eigenvalue weighted by Gasteiger charge is -2.26. The molecule has 1 heterocycles. The summed E-state index contributed by atoms with van der Waals surface area (Å²) in [5.74, 6) is -0.334. The number of hydrogen-bond donors (Lipinski definition) is 0. The van der Waals surface area contributed by atoms with Crippen LogP contribution in [0.2, 0.25) is 0 Å². The first kappa shape index (κ1) is 16.0. The fourth-order valence-corrected chi connectivity index (χ4v) is 3.06. The third kappa shape index (κ3) is 2.60. The number of rotatable bonds is 4. The summed E-state index contributed by atoms with van der Waals surface area (Å²) in [7, 11) is 0. The summed E-state index contributed by atoms with van der Waals surface area (Å²) in [5, 5.41) is 0. The van der Waals surface area contributed by atoms with Gasteiger partial charge in [-0.1, -0.05) is 67.2 Å². The third-order valence-corrected chi connectivity index (χ3v) is 4.51. The molecule has 1 saturated heterocycles. The molecule has 2 aromatic rings. The standard InChI is InChI=1S/C20H20N2O2/c1-14(17-10-6-4-7-11-17)21-16(3)19(23)22(20(21)24)15(2)18-12-8-5-9-13-18/h4-15H,3H2,1-2H3/t14-,15-/m0/s1. The number of amides is 3. The Labute approximate surface area is 142 Å². The van der Waals surface area contributed by atoms with E-state index in [-0.39, 0.29) is 29.7 Å². The highest BCUT2D eigenvalue weighted by molar-refractivity contribution is 6.11. The molecule has 1 aliphatic heterocycles. The normalized spacial score (nSPS) is 17.3. The minimum Gasteiger partial charge on any atom is -0.282 e. The molecular weight excluding hydrogens is 300 g/mol. The van der Waals surface area contributed by atoms with Crippen molar-refractivity contribution in [2.45, 2.75) is 25.9 Å². The summed E-state index contributed by atoms with van der Waals surface area (Å²) in [6.07, 6.45) is 0. The quantitative estimate of drug-likeness (QED) is 0.623. The van der Waals surface area contributed by atoms with Crippen molar-refractivity contribution < 1.29 is 9.59 Å². The largest absolute Gasteiger partial charge is 0.332 e. The van der Waals surface area contributed by atoms with Gasteiger partial charge in [0.25, 0.3) is 5.91 Å². The molecule has 0 spiro atoms. The Hall–Kier alpha value is -2.88. The zero-order valence-electron chi connectivity index (χ0n) is 13.8. The summed E-state index contributed by atoms with van der Waals surface area (Å²) in [6, 6.07) is 18.3. The number of urea groups is 1. The van der Waals surface area contributed by atoms with Crippen LogP contribution in [0.4, 0.5) is 4.79 Å². The van der Waals surface area contributed by atoms with Crippen molar-refractivity contribution >= 4 is 11.9 Å². The number of carbonyl (C=O) groups excluding carboxylic acids is 2. The van der Waals surface area contributed by atoms with Gasteiger partial charge in [-0.25, -0.2) is 4.79 Å². The number of imide groups is 1. The van der Waals surface area contributed by atoms with Gasteiger partial charge in [-0.3, -0.25) is 14.6 Å². The van der Waals surface area contributed by atoms with Crippen molar-refractivity contribution in [1.29, 1.82) is 0 Å². The van der Waals surface area contributed by atoms with Crippen LogP contribution in [0.1, 0.15) is 37.1 Å². The molecule has 0 aliphatic carbocycles. The van der Waals surface area contributed by atoms with E-state index in [4.69, 9.17) is 0 Å². The Morgan fingerprint density at radius 1 is 0.750 bits per heavy atom. The zero-order chi connectivity index (χ0) is 17.3. The summed E-state index contributed by atoms with van der Waals surface area (Å²) in [5.41, 5.74) is 2.11. The SMILES string of the molecule is C=C1C(=O)N([C@@H](C)c2ccccc2)C(=O)N1[C@@H](C)c1ccccc1. The molecule has 1 aliphatic rings. The third-order valence-electron chi connectivity index (χ3n) is 4.51. The Balaban J connectivity index is 1.91. The molecule has 3 amide bonds. The molecule has 0 radical (unpaired) electrons. The number of carbonyl (C=O) groups is 2. The molecule has 1 fully saturated rings. The summed E-state index contributed by atoms with van der Waals surface area (Å²) >= 11 is 0. The van der Waals surface area contributed by atoms with Gasteiger partial charge in [0.05, 0.1) is 12.1 Å². The summed E-state index contributed by atoms with van der Waals surface area (Å²) in [4.78, 5) is 28.3. The molecular formula is C20H20N2O2. The molecule has 2 aromatic carbocycles. The molecule has 0 bridgehead atoms. The monoisotopic (exact) mass is 320 g/mol. The molecule has 0 aromatic heterocycles. The number of hydrogen-bond acceptors (Lipinski definition) is 2. The van der Waals surface area contributed by atoms with E-state index in [1.807, 2.05) is 74.5 Å². The fraction of sp³-hybridized carbons (Fsp3) is 0.200. The van der Waals surface area contributed by atoms with Crippen LogP contribution in [0, 0.1) is 0 Å². The lowest BCUT2D eigenvalue weighted by atomic mass is 10.1. The van der Waals surface area contributed by atoms with Crippen molar-refractivity contribution in [3.63, 3.8) is 0 Å². The van der Waals surface area contributed by atoms with Gasteiger partial charge >= 0.3 is 6.03 Å². The second kappa shape index (κ2) is 6.32. The molecule has 4 heteroatoms. The maximum absolute atomic E-state index is 12.9. The van der Waals surface area contributed by atoms with E-state index in [1.54, 1.807) is 0 Å². The molecule has 3 rings (SSSR count). The number of nitrogens with zero attached hydrogens (tertiary/aromatic N) is 2. The molecule has 24 heavy (non-hydrogen) atoms. The average Bonchev–Trinajstić information content (AvgIpc) is 2.84. The topological polar surface area (TPSA) is 40.6 Å². The smallest absolute Gasteiger partial charge is 0.282 e. The fourth-order valence-electron chi connectivity index (χ4n) is 3.06. The van der Waals surface area contributed by atoms with Crippen LogP contribution in [0.25, 0.3) is 0 Å². The Bertz CT molecular complexity index is 705. The van der Waals surface area contributed by atoms with Crippen molar-refractivity contribution in [3.05, 3.63) is 84.1 Å². The Morgan fingerprint density at radius 2 is 1.17 bits per heavy atom. The highest BCUT2D eigenvalue weighted by Crippen LogP contribution is 2.35. The van der Waals surface area contributed by atoms with Gasteiger partial charge in [-0.15, -0.1) is 0 Å². The minimum atomic E-state index is -0.337. The molecule has 0 N–H and O–H groups in total. The van der Waals surface area contributed by atoms with Crippen LogP contribution < -0.4 is 0 Å². The summed E-state index contributed by atoms with van der Waals surface area (Å²) in [6.45, 7) is 7.62. The Kier molecular flexibility index (Phi) is 4.21. The minimum absolute atomic E-state index is 0.221. The van der Waals surface area contributed by atoms with Crippen molar-refractivity contribution in [3.8, 4) is 0 Å². The van der Waals surface area contributed by atoms with E-state index in [0.29, 0.717) is 0 Å². The maximum Gasteiger partial charge on any atom is 0.332 e. The van der Waals surface area contributed by atoms with E-state index in [9.17, 15) is 9.59 Å². The highest BCUT2D eigenvalue weighted by Gasteiger charge is 2.44. The van der Waals surface area contributed by atoms with E-state index in [0.717, 1.165) is 11.1 Å². The first-order valence-corrected chi connectivity index (χ1v) is 7.98. The van der Waals surface area contributed by atoms with E-state index in [1.165, 1.54) is 9.80 Å². The predicted molar refractivity (Wildman–Crippen MR) is 92.9 cm³/mol. The van der Waals surface area contributed by atoms with Gasteiger partial charge < -0.3 is 0 Å². The molecule has 122 valence electrons. The molecule has 2 atom stereocenters. The van der Waals surface area contributed by atoms with Gasteiger partial charge in [0.1, 0.15) is 5.70 Å². The van der Waals surface area contributed by atoms with E-state index in [2.05, 4.69) is 6.58 Å². The lowest BCUT2D eigenvalue weighted by molar-refractivity contribution is -0.124. The summed E-state index contributed by atoms with van der Waals surface area (Å²) < 4.78 is 0. The Morgan fingerprint density at radius 3 is 1.62 bits per heavy atom. The second-order valence-electron chi connectivity index (χ2n) is 5.95. The number of benzene rings is 2. The van der Waals surface area contributed by atoms with Gasteiger partial charge in [0.2, 0.25) is 0 Å². The van der Waals surface area contributed by atoms with Crippen molar-refractivity contribution in [2.75, 3.05) is 0 Å². The van der Waals surface area contributed by atoms with Crippen LogP contribution in [0.3, 0.4) is 0 Å². The van der Waals surface area contributed by atoms with Crippen LogP contribution in [0.15, 0.2) is 72.9 Å². The zero-order valence-corrected chi connectivity index (χ0v) is 13.8. The highest BCUT2D eigenvalue weighted by atomic mass is 16.2. The van der Waals surface area contributed by atoms with Gasteiger partial charge in [-0.05, 0) is 25.0 Å². The first-order valence-electron chi connectivity index (χ1n) is 7.98. The van der Waals surface area contributed by atoms with Gasteiger partial charge in [-0.2, -0.15) is 0 Å². The van der Waals surface area contributed by atoms with E-state index >= 15 is 0 Å². The first-order chi connectivity index (χ1) is 11.5. The van der Waals surface area contributed by atoms with Gasteiger partial charge in [0.15, 0.2) is 0 Å². The predicted octanol–water partition coefficient (Wildman–Crippen LogP) is 4.29. The molecule has 0 saturated carbocycles. The van der Waals surface area contributed by atoms with E-state index < -0.39 is 0 Å². The maximum atomic E-state index is 12.9.